The highest BCUT2D eigenvalue weighted by molar-refractivity contribution is 7.89. The Bertz CT molecular complexity index is 1030. The van der Waals surface area contributed by atoms with Crippen LogP contribution in [-0.4, -0.2) is 27.0 Å². The second-order valence-electron chi connectivity index (χ2n) is 6.57. The van der Waals surface area contributed by atoms with Gasteiger partial charge in [-0.25, -0.2) is 8.42 Å². The average Bonchev–Trinajstić information content (AvgIpc) is 3.26. The molecule has 2 N–H and O–H groups in total. The van der Waals surface area contributed by atoms with Crippen LogP contribution in [0.25, 0.3) is 0 Å². The molecule has 1 unspecified atom stereocenters. The van der Waals surface area contributed by atoms with Crippen molar-refractivity contribution in [2.75, 3.05) is 6.61 Å². The number of carbonyl (C=O) groups is 1. The molecule has 3 aromatic rings. The van der Waals surface area contributed by atoms with Crippen LogP contribution in [-0.2, 0) is 27.8 Å². The third-order valence-electron chi connectivity index (χ3n) is 4.36. The number of hydrogen-bond acceptors (Lipinski definition) is 5. The minimum absolute atomic E-state index is 0.0582. The second kappa shape index (κ2) is 10.1. The summed E-state index contributed by atoms with van der Waals surface area (Å²) in [5, 5.41) is 2.73. The third kappa shape index (κ3) is 5.95. The maximum Gasteiger partial charge on any atom is 0.241 e. The molecule has 30 heavy (non-hydrogen) atoms. The van der Waals surface area contributed by atoms with Crippen molar-refractivity contribution in [1.82, 2.24) is 10.0 Å². The summed E-state index contributed by atoms with van der Waals surface area (Å²) in [4.78, 5) is 12.8. The Morgan fingerprint density at radius 2 is 1.77 bits per heavy atom. The molecule has 1 aromatic heterocycles. The lowest BCUT2D eigenvalue weighted by atomic mass is 10.1. The van der Waals surface area contributed by atoms with Crippen LogP contribution in [0.15, 0.2) is 82.3 Å². The number of hydrogen-bond donors (Lipinski definition) is 2. The minimum atomic E-state index is -3.92. The summed E-state index contributed by atoms with van der Waals surface area (Å²) in [6.07, 6.45) is 1.72. The molecule has 158 valence electrons. The molecule has 0 saturated heterocycles. The lowest BCUT2D eigenvalue weighted by Gasteiger charge is -2.19. The number of nitrogens with one attached hydrogen (secondary N) is 2. The van der Waals surface area contributed by atoms with Gasteiger partial charge in [-0.3, -0.25) is 4.79 Å². The zero-order chi connectivity index (χ0) is 21.4. The first-order valence-electron chi connectivity index (χ1n) is 9.57. The van der Waals surface area contributed by atoms with Gasteiger partial charge in [0.25, 0.3) is 0 Å². The van der Waals surface area contributed by atoms with Gasteiger partial charge >= 0.3 is 0 Å². The molecule has 3 rings (SSSR count). The van der Waals surface area contributed by atoms with Crippen molar-refractivity contribution in [2.24, 2.45) is 0 Å². The SMILES string of the molecule is CCOc1ccc(S(=O)(=O)NC(Cc2ccccc2)C(=O)NCc2ccco2)cc1. The number of benzene rings is 2. The Labute approximate surface area is 176 Å². The van der Waals surface area contributed by atoms with Crippen LogP contribution in [0.5, 0.6) is 5.75 Å². The zero-order valence-electron chi connectivity index (χ0n) is 16.6. The highest BCUT2D eigenvalue weighted by Gasteiger charge is 2.26. The summed E-state index contributed by atoms with van der Waals surface area (Å²) in [7, 11) is -3.92. The molecule has 0 fully saturated rings. The van der Waals surface area contributed by atoms with Gasteiger partial charge in [-0.15, -0.1) is 0 Å². The molecule has 7 nitrogen and oxygen atoms in total. The van der Waals surface area contributed by atoms with Crippen molar-refractivity contribution in [3.05, 3.63) is 84.3 Å². The predicted molar refractivity (Wildman–Crippen MR) is 112 cm³/mol. The molecule has 1 heterocycles. The van der Waals surface area contributed by atoms with Gasteiger partial charge in [0.15, 0.2) is 0 Å². The lowest BCUT2D eigenvalue weighted by Crippen LogP contribution is -2.47. The van der Waals surface area contributed by atoms with Crippen LogP contribution in [0, 0.1) is 0 Å². The normalized spacial score (nSPS) is 12.3. The molecule has 1 amide bonds. The van der Waals surface area contributed by atoms with E-state index >= 15 is 0 Å². The number of furan rings is 1. The quantitative estimate of drug-likeness (QED) is 0.518. The number of amides is 1. The summed E-state index contributed by atoms with van der Waals surface area (Å²) in [6.45, 7) is 2.50. The molecule has 8 heteroatoms. The molecular formula is C22H24N2O5S. The summed E-state index contributed by atoms with van der Waals surface area (Å²) in [5.74, 6) is 0.717. The second-order valence-corrected chi connectivity index (χ2v) is 8.28. The Morgan fingerprint density at radius 1 is 1.03 bits per heavy atom. The number of carbonyl (C=O) groups excluding carboxylic acids is 1. The highest BCUT2D eigenvalue weighted by atomic mass is 32.2. The van der Waals surface area contributed by atoms with Crippen molar-refractivity contribution < 1.29 is 22.4 Å². The standard InChI is InChI=1S/C22H24N2O5S/c1-2-28-18-10-12-20(13-11-18)30(26,27)24-21(15-17-7-4-3-5-8-17)22(25)23-16-19-9-6-14-29-19/h3-14,21,24H,2,15-16H2,1H3,(H,23,25). The van der Waals surface area contributed by atoms with Crippen LogP contribution in [0.3, 0.4) is 0 Å². The van der Waals surface area contributed by atoms with Crippen LogP contribution < -0.4 is 14.8 Å². The summed E-state index contributed by atoms with van der Waals surface area (Å²) in [6, 6.07) is 17.8. The van der Waals surface area contributed by atoms with Gasteiger partial charge in [-0.1, -0.05) is 30.3 Å². The van der Waals surface area contributed by atoms with E-state index in [1.807, 2.05) is 37.3 Å². The Morgan fingerprint density at radius 3 is 2.40 bits per heavy atom. The Hall–Kier alpha value is -3.10. The topological polar surface area (TPSA) is 97.6 Å². The molecular weight excluding hydrogens is 404 g/mol. The molecule has 0 saturated carbocycles. The first-order chi connectivity index (χ1) is 14.5. The fraction of sp³-hybridized carbons (Fsp3) is 0.227. The van der Waals surface area contributed by atoms with Crippen molar-refractivity contribution in [3.63, 3.8) is 0 Å². The van der Waals surface area contributed by atoms with E-state index < -0.39 is 22.0 Å². The maximum absolute atomic E-state index is 12.9. The van der Waals surface area contributed by atoms with Gasteiger partial charge in [0, 0.05) is 0 Å². The maximum atomic E-state index is 12.9. The van der Waals surface area contributed by atoms with Crippen LogP contribution in [0.1, 0.15) is 18.2 Å². The molecule has 2 aromatic carbocycles. The van der Waals surface area contributed by atoms with E-state index in [0.717, 1.165) is 5.56 Å². The van der Waals surface area contributed by atoms with Crippen molar-refractivity contribution >= 4 is 15.9 Å². The number of rotatable bonds is 10. The first kappa shape index (κ1) is 21.6. The van der Waals surface area contributed by atoms with Gasteiger partial charge < -0.3 is 14.5 Å². The van der Waals surface area contributed by atoms with Gasteiger partial charge in [0.2, 0.25) is 15.9 Å². The summed E-state index contributed by atoms with van der Waals surface area (Å²) >= 11 is 0. The molecule has 0 bridgehead atoms. The van der Waals surface area contributed by atoms with Crippen molar-refractivity contribution in [3.8, 4) is 5.75 Å². The predicted octanol–water partition coefficient (Wildman–Crippen LogP) is 2.88. The van der Waals surface area contributed by atoms with E-state index in [0.29, 0.717) is 18.1 Å². The minimum Gasteiger partial charge on any atom is -0.494 e. The highest BCUT2D eigenvalue weighted by Crippen LogP contribution is 2.17. The van der Waals surface area contributed by atoms with E-state index in [1.165, 1.54) is 18.4 Å². The van der Waals surface area contributed by atoms with Crippen molar-refractivity contribution in [1.29, 1.82) is 0 Å². The number of ether oxygens (including phenoxy) is 1. The van der Waals surface area contributed by atoms with Crippen LogP contribution in [0.2, 0.25) is 0 Å². The molecule has 0 aliphatic carbocycles. The van der Waals surface area contributed by atoms with Crippen LogP contribution >= 0.6 is 0 Å². The van der Waals surface area contributed by atoms with Crippen molar-refractivity contribution in [2.45, 2.75) is 30.8 Å². The zero-order valence-corrected chi connectivity index (χ0v) is 17.4. The average molecular weight is 429 g/mol. The number of sulfonamides is 1. The summed E-state index contributed by atoms with van der Waals surface area (Å²) < 4.78 is 38.9. The smallest absolute Gasteiger partial charge is 0.241 e. The van der Waals surface area contributed by atoms with E-state index in [2.05, 4.69) is 10.0 Å². The van der Waals surface area contributed by atoms with E-state index in [-0.39, 0.29) is 17.9 Å². The van der Waals surface area contributed by atoms with Gasteiger partial charge in [-0.05, 0) is 55.3 Å². The molecule has 0 radical (unpaired) electrons. The van der Waals surface area contributed by atoms with Crippen LogP contribution in [0.4, 0.5) is 0 Å². The molecule has 0 spiro atoms. The van der Waals surface area contributed by atoms with E-state index in [4.69, 9.17) is 9.15 Å². The largest absolute Gasteiger partial charge is 0.494 e. The monoisotopic (exact) mass is 428 g/mol. The molecule has 1 atom stereocenters. The fourth-order valence-electron chi connectivity index (χ4n) is 2.89. The summed E-state index contributed by atoms with van der Waals surface area (Å²) in [5.41, 5.74) is 0.838. The molecule has 0 aliphatic heterocycles. The Balaban J connectivity index is 1.76. The van der Waals surface area contributed by atoms with Gasteiger partial charge in [-0.2, -0.15) is 4.72 Å². The van der Waals surface area contributed by atoms with Gasteiger partial charge in [0.1, 0.15) is 17.6 Å². The first-order valence-corrected chi connectivity index (χ1v) is 11.1. The van der Waals surface area contributed by atoms with Gasteiger partial charge in [0.05, 0.1) is 24.3 Å². The molecule has 0 aliphatic rings. The van der Waals surface area contributed by atoms with E-state index in [9.17, 15) is 13.2 Å². The lowest BCUT2D eigenvalue weighted by molar-refractivity contribution is -0.122. The fourth-order valence-corrected chi connectivity index (χ4v) is 4.08. The third-order valence-corrected chi connectivity index (χ3v) is 5.85. The Kier molecular flexibility index (Phi) is 7.26. The van der Waals surface area contributed by atoms with E-state index in [1.54, 1.807) is 24.3 Å².